The van der Waals surface area contributed by atoms with Gasteiger partial charge in [-0.3, -0.25) is 0 Å². The van der Waals surface area contributed by atoms with Crippen LogP contribution in [0.4, 0.5) is 0 Å². The molecule has 0 N–H and O–H groups in total. The van der Waals surface area contributed by atoms with Crippen LogP contribution in [0.15, 0.2) is 47.4 Å². The molecular weight excluding hydrogens is 316 g/mol. The summed E-state index contributed by atoms with van der Waals surface area (Å²) in [7, 11) is -3.45. The van der Waals surface area contributed by atoms with Gasteiger partial charge < -0.3 is 0 Å². The minimum atomic E-state index is -3.45. The van der Waals surface area contributed by atoms with Gasteiger partial charge in [-0.2, -0.15) is 0 Å². The van der Waals surface area contributed by atoms with Crippen LogP contribution in [-0.4, -0.2) is 8.42 Å². The molecular formula is C18H21ClO2S. The number of rotatable bonds is 3. The fraction of sp³-hybridized carbons (Fsp3) is 0.333. The van der Waals surface area contributed by atoms with Crippen molar-refractivity contribution in [2.45, 2.75) is 43.8 Å². The minimum absolute atomic E-state index is 0.0411. The van der Waals surface area contributed by atoms with Gasteiger partial charge in [0.1, 0.15) is 0 Å². The first kappa shape index (κ1) is 17.0. The third-order valence-corrected chi connectivity index (χ3v) is 6.01. The Morgan fingerprint density at radius 1 is 1.00 bits per heavy atom. The molecule has 0 saturated heterocycles. The zero-order valence-electron chi connectivity index (χ0n) is 13.4. The zero-order chi connectivity index (χ0) is 16.5. The molecule has 0 unspecified atom stereocenters. The second-order valence-corrected chi connectivity index (χ2v) is 8.93. The van der Waals surface area contributed by atoms with Crippen molar-refractivity contribution in [2.75, 3.05) is 0 Å². The Bertz CT molecular complexity index is 770. The molecule has 0 saturated carbocycles. The first-order valence-electron chi connectivity index (χ1n) is 7.18. The Hall–Kier alpha value is -1.32. The molecule has 0 aliphatic heterocycles. The van der Waals surface area contributed by atoms with Gasteiger partial charge in [-0.15, -0.1) is 0 Å². The number of hydrogen-bond acceptors (Lipinski definition) is 2. The quantitative estimate of drug-likeness (QED) is 0.797. The number of hydrogen-bond donors (Lipinski definition) is 0. The molecule has 0 atom stereocenters. The summed E-state index contributed by atoms with van der Waals surface area (Å²) in [6.07, 6.45) is 0. The SMILES string of the molecule is Cc1cccc(S(=O)(=O)Cc2ccc(C(C)(C)C)cc2)c1Cl. The van der Waals surface area contributed by atoms with Gasteiger partial charge in [0.05, 0.1) is 15.7 Å². The van der Waals surface area contributed by atoms with Gasteiger partial charge >= 0.3 is 0 Å². The summed E-state index contributed by atoms with van der Waals surface area (Å²) in [5.41, 5.74) is 2.77. The van der Waals surface area contributed by atoms with E-state index in [4.69, 9.17) is 11.6 Å². The van der Waals surface area contributed by atoms with Crippen molar-refractivity contribution in [2.24, 2.45) is 0 Å². The van der Waals surface area contributed by atoms with Crippen molar-refractivity contribution in [3.8, 4) is 0 Å². The maximum absolute atomic E-state index is 12.6. The van der Waals surface area contributed by atoms with Gasteiger partial charge in [0.15, 0.2) is 9.84 Å². The van der Waals surface area contributed by atoms with Gasteiger partial charge in [-0.05, 0) is 35.1 Å². The number of benzene rings is 2. The lowest BCUT2D eigenvalue weighted by molar-refractivity contribution is 0.589. The molecule has 0 bridgehead atoms. The molecule has 2 nitrogen and oxygen atoms in total. The van der Waals surface area contributed by atoms with Gasteiger partial charge in [0, 0.05) is 0 Å². The Morgan fingerprint density at radius 3 is 2.14 bits per heavy atom. The van der Waals surface area contributed by atoms with E-state index in [1.807, 2.05) is 24.3 Å². The summed E-state index contributed by atoms with van der Waals surface area (Å²) in [6.45, 7) is 8.20. The van der Waals surface area contributed by atoms with Crippen LogP contribution >= 0.6 is 11.6 Å². The fourth-order valence-electron chi connectivity index (χ4n) is 2.26. The van der Waals surface area contributed by atoms with Gasteiger partial charge in [0.25, 0.3) is 0 Å². The monoisotopic (exact) mass is 336 g/mol. The summed E-state index contributed by atoms with van der Waals surface area (Å²) in [5.74, 6) is -0.0411. The van der Waals surface area contributed by atoms with E-state index in [9.17, 15) is 8.42 Å². The lowest BCUT2D eigenvalue weighted by Gasteiger charge is -2.19. The molecule has 118 valence electrons. The summed E-state index contributed by atoms with van der Waals surface area (Å²) in [6, 6.07) is 12.8. The van der Waals surface area contributed by atoms with Crippen LogP contribution < -0.4 is 0 Å². The predicted molar refractivity (Wildman–Crippen MR) is 92.2 cm³/mol. The highest BCUT2D eigenvalue weighted by Crippen LogP contribution is 2.28. The van der Waals surface area contributed by atoms with Gasteiger partial charge in [-0.1, -0.05) is 68.8 Å². The number of halogens is 1. The first-order valence-corrected chi connectivity index (χ1v) is 9.21. The topological polar surface area (TPSA) is 34.1 Å². The molecule has 4 heteroatoms. The van der Waals surface area contributed by atoms with Crippen LogP contribution in [0, 0.1) is 6.92 Å². The molecule has 0 heterocycles. The lowest BCUT2D eigenvalue weighted by atomic mass is 9.87. The van der Waals surface area contributed by atoms with Crippen molar-refractivity contribution in [1.82, 2.24) is 0 Å². The van der Waals surface area contributed by atoms with Gasteiger partial charge in [-0.25, -0.2) is 8.42 Å². The average molecular weight is 337 g/mol. The van der Waals surface area contributed by atoms with Crippen LogP contribution in [0.5, 0.6) is 0 Å². The molecule has 0 aliphatic carbocycles. The molecule has 0 amide bonds. The molecule has 0 aromatic heterocycles. The molecule has 0 radical (unpaired) electrons. The van der Waals surface area contributed by atoms with Crippen LogP contribution in [0.3, 0.4) is 0 Å². The first-order chi connectivity index (χ1) is 10.1. The van der Waals surface area contributed by atoms with Crippen molar-refractivity contribution in [3.63, 3.8) is 0 Å². The predicted octanol–water partition coefficient (Wildman–Crippen LogP) is 4.92. The largest absolute Gasteiger partial charge is 0.223 e. The van der Waals surface area contributed by atoms with Crippen molar-refractivity contribution in [1.29, 1.82) is 0 Å². The third kappa shape index (κ3) is 3.71. The van der Waals surface area contributed by atoms with E-state index >= 15 is 0 Å². The van der Waals surface area contributed by atoms with E-state index in [0.717, 1.165) is 11.1 Å². The van der Waals surface area contributed by atoms with Crippen LogP contribution in [0.2, 0.25) is 5.02 Å². The highest BCUT2D eigenvalue weighted by Gasteiger charge is 2.20. The Balaban J connectivity index is 2.31. The van der Waals surface area contributed by atoms with E-state index < -0.39 is 9.84 Å². The molecule has 22 heavy (non-hydrogen) atoms. The van der Waals surface area contributed by atoms with E-state index in [1.54, 1.807) is 25.1 Å². The van der Waals surface area contributed by atoms with Crippen molar-refractivity contribution in [3.05, 3.63) is 64.2 Å². The molecule has 0 spiro atoms. The lowest BCUT2D eigenvalue weighted by Crippen LogP contribution is -2.11. The smallest absolute Gasteiger partial charge is 0.183 e. The van der Waals surface area contributed by atoms with Crippen LogP contribution in [0.25, 0.3) is 0 Å². The second-order valence-electron chi connectivity index (χ2n) is 6.59. The van der Waals surface area contributed by atoms with E-state index in [2.05, 4.69) is 20.8 Å². The Morgan fingerprint density at radius 2 is 1.59 bits per heavy atom. The zero-order valence-corrected chi connectivity index (χ0v) is 14.9. The maximum Gasteiger partial charge on any atom is 0.183 e. The molecule has 2 aromatic carbocycles. The third-order valence-electron chi connectivity index (χ3n) is 3.67. The highest BCUT2D eigenvalue weighted by atomic mass is 35.5. The van der Waals surface area contributed by atoms with Crippen LogP contribution in [0.1, 0.15) is 37.5 Å². The summed E-state index contributed by atoms with van der Waals surface area (Å²) >= 11 is 6.15. The number of sulfone groups is 1. The normalized spacial score (nSPS) is 12.4. The van der Waals surface area contributed by atoms with E-state index in [-0.39, 0.29) is 16.1 Å². The Kier molecular flexibility index (Phi) is 4.69. The second kappa shape index (κ2) is 6.05. The van der Waals surface area contributed by atoms with Crippen molar-refractivity contribution < 1.29 is 8.42 Å². The summed E-state index contributed by atoms with van der Waals surface area (Å²) < 4.78 is 25.1. The molecule has 0 aliphatic rings. The summed E-state index contributed by atoms with van der Waals surface area (Å²) in [5, 5.41) is 0.314. The fourth-order valence-corrected chi connectivity index (χ4v) is 4.24. The number of aryl methyl sites for hydroxylation is 1. The maximum atomic E-state index is 12.6. The molecule has 2 aromatic rings. The Labute approximate surface area is 138 Å². The van der Waals surface area contributed by atoms with E-state index in [1.165, 1.54) is 5.56 Å². The van der Waals surface area contributed by atoms with Crippen molar-refractivity contribution >= 4 is 21.4 Å². The van der Waals surface area contributed by atoms with Gasteiger partial charge in [0.2, 0.25) is 0 Å². The minimum Gasteiger partial charge on any atom is -0.223 e. The summed E-state index contributed by atoms with van der Waals surface area (Å²) in [4.78, 5) is 0.203. The van der Waals surface area contributed by atoms with E-state index in [0.29, 0.717) is 5.02 Å². The average Bonchev–Trinajstić information content (AvgIpc) is 2.40. The molecule has 0 fully saturated rings. The standard InChI is InChI=1S/C18H21ClO2S/c1-13-6-5-7-16(17(13)19)22(20,21)12-14-8-10-15(11-9-14)18(2,3)4/h5-11H,12H2,1-4H3. The van der Waals surface area contributed by atoms with Crippen LogP contribution in [-0.2, 0) is 21.0 Å². The molecule has 2 rings (SSSR count). The highest BCUT2D eigenvalue weighted by molar-refractivity contribution is 7.90.